The van der Waals surface area contributed by atoms with Crippen molar-refractivity contribution in [3.63, 3.8) is 0 Å². The third-order valence-electron chi connectivity index (χ3n) is 4.24. The predicted octanol–water partition coefficient (Wildman–Crippen LogP) is 3.27. The highest BCUT2D eigenvalue weighted by Gasteiger charge is 2.20. The summed E-state index contributed by atoms with van der Waals surface area (Å²) < 4.78 is 1.82. The highest BCUT2D eigenvalue weighted by Crippen LogP contribution is 2.33. The van der Waals surface area contributed by atoms with Crippen LogP contribution in [0.2, 0.25) is 0 Å². The van der Waals surface area contributed by atoms with Crippen LogP contribution in [0.25, 0.3) is 22.4 Å². The Morgan fingerprint density at radius 3 is 2.83 bits per heavy atom. The molecule has 0 bridgehead atoms. The summed E-state index contributed by atoms with van der Waals surface area (Å²) in [5.74, 6) is 0. The zero-order valence-electron chi connectivity index (χ0n) is 12.8. The maximum Gasteiger partial charge on any atom is 0.102 e. The predicted molar refractivity (Wildman–Crippen MR) is 88.5 cm³/mol. The number of benzene rings is 1. The van der Waals surface area contributed by atoms with Crippen LogP contribution >= 0.6 is 0 Å². The van der Waals surface area contributed by atoms with Gasteiger partial charge in [0.1, 0.15) is 5.69 Å². The summed E-state index contributed by atoms with van der Waals surface area (Å²) >= 11 is 0. The third kappa shape index (κ3) is 2.30. The Morgan fingerprint density at radius 2 is 2.04 bits per heavy atom. The van der Waals surface area contributed by atoms with Crippen LogP contribution < -0.4 is 0 Å². The molecule has 0 radical (unpaired) electrons. The molecule has 1 N–H and O–H groups in total. The van der Waals surface area contributed by atoms with Gasteiger partial charge in [-0.1, -0.05) is 23.4 Å². The molecule has 5 heteroatoms. The fraction of sp³-hybridized carbons (Fsp3) is 0.167. The minimum Gasteiger partial charge on any atom is -0.411 e. The maximum atomic E-state index is 9.06. The summed E-state index contributed by atoms with van der Waals surface area (Å²) in [5.41, 5.74) is 7.16. The molecule has 3 aromatic rings. The molecule has 0 aliphatic heterocycles. The van der Waals surface area contributed by atoms with Crippen molar-refractivity contribution in [2.75, 3.05) is 0 Å². The number of nitrogens with zero attached hydrogens (tertiary/aromatic N) is 4. The number of hydrogen-bond acceptors (Lipinski definition) is 4. The molecule has 0 amide bonds. The molecular weight excluding hydrogens is 288 g/mol. The van der Waals surface area contributed by atoms with Gasteiger partial charge in [0.05, 0.1) is 5.71 Å². The molecule has 114 valence electrons. The van der Waals surface area contributed by atoms with Gasteiger partial charge in [-0.15, -0.1) is 0 Å². The topological polar surface area (TPSA) is 63.3 Å². The molecule has 23 heavy (non-hydrogen) atoms. The highest BCUT2D eigenvalue weighted by molar-refractivity contribution is 6.04. The number of aromatic nitrogens is 3. The van der Waals surface area contributed by atoms with E-state index < -0.39 is 0 Å². The van der Waals surface area contributed by atoms with E-state index >= 15 is 0 Å². The Balaban J connectivity index is 1.84. The van der Waals surface area contributed by atoms with E-state index in [1.165, 1.54) is 5.56 Å². The molecule has 1 aliphatic rings. The Labute approximate surface area is 133 Å². The van der Waals surface area contributed by atoms with E-state index in [0.29, 0.717) is 0 Å². The Morgan fingerprint density at radius 1 is 1.13 bits per heavy atom. The average molecular weight is 304 g/mol. The highest BCUT2D eigenvalue weighted by atomic mass is 16.4. The van der Waals surface area contributed by atoms with Crippen molar-refractivity contribution in [2.24, 2.45) is 12.2 Å². The lowest BCUT2D eigenvalue weighted by Crippen LogP contribution is -1.93. The molecule has 1 aromatic carbocycles. The van der Waals surface area contributed by atoms with Gasteiger partial charge in [0.2, 0.25) is 0 Å². The normalized spacial score (nSPS) is 15.1. The largest absolute Gasteiger partial charge is 0.411 e. The number of rotatable bonds is 2. The SMILES string of the molecule is Cn1cc(-c2ccc3c(c2)CC/C3=N\O)c(-c2cccnc2)n1. The van der Waals surface area contributed by atoms with Gasteiger partial charge >= 0.3 is 0 Å². The lowest BCUT2D eigenvalue weighted by molar-refractivity contribution is 0.318. The molecule has 0 unspecified atom stereocenters. The average Bonchev–Trinajstić information content (AvgIpc) is 3.18. The number of oxime groups is 1. The van der Waals surface area contributed by atoms with Crippen LogP contribution in [0.5, 0.6) is 0 Å². The zero-order valence-corrected chi connectivity index (χ0v) is 12.8. The van der Waals surface area contributed by atoms with E-state index in [2.05, 4.69) is 27.4 Å². The Hall–Kier alpha value is -2.95. The molecule has 5 nitrogen and oxygen atoms in total. The summed E-state index contributed by atoms with van der Waals surface area (Å²) in [6.07, 6.45) is 7.32. The van der Waals surface area contributed by atoms with Gasteiger partial charge in [-0.05, 0) is 36.1 Å². The third-order valence-corrected chi connectivity index (χ3v) is 4.24. The summed E-state index contributed by atoms with van der Waals surface area (Å²) in [6.45, 7) is 0. The lowest BCUT2D eigenvalue weighted by Gasteiger charge is -2.05. The number of fused-ring (bicyclic) bond motifs is 1. The monoisotopic (exact) mass is 304 g/mol. The van der Waals surface area contributed by atoms with Crippen molar-refractivity contribution in [2.45, 2.75) is 12.8 Å². The molecule has 0 saturated heterocycles. The Kier molecular flexibility index (Phi) is 3.19. The molecule has 0 fully saturated rings. The first-order valence-corrected chi connectivity index (χ1v) is 7.55. The fourth-order valence-electron chi connectivity index (χ4n) is 3.16. The van der Waals surface area contributed by atoms with E-state index in [1.54, 1.807) is 6.20 Å². The molecule has 2 aromatic heterocycles. The number of pyridine rings is 1. The fourth-order valence-corrected chi connectivity index (χ4v) is 3.16. The first-order chi connectivity index (χ1) is 11.3. The van der Waals surface area contributed by atoms with E-state index in [-0.39, 0.29) is 0 Å². The first kappa shape index (κ1) is 13.7. The standard InChI is InChI=1S/C18H16N4O/c1-22-11-16(18(20-22)14-3-2-8-19-10-14)13-4-6-15-12(9-13)5-7-17(15)21-23/h2-4,6,8-11,23H,5,7H2,1H3/b21-17+. The second kappa shape index (κ2) is 5.35. The van der Waals surface area contributed by atoms with E-state index in [0.717, 1.165) is 46.5 Å². The molecule has 2 heterocycles. The first-order valence-electron chi connectivity index (χ1n) is 7.55. The van der Waals surface area contributed by atoms with Crippen LogP contribution in [0.4, 0.5) is 0 Å². The minimum absolute atomic E-state index is 0.769. The van der Waals surface area contributed by atoms with E-state index in [1.807, 2.05) is 42.3 Å². The van der Waals surface area contributed by atoms with Gasteiger partial charge in [-0.3, -0.25) is 9.67 Å². The quantitative estimate of drug-likeness (QED) is 0.584. The Bertz CT molecular complexity index is 897. The second-order valence-corrected chi connectivity index (χ2v) is 5.73. The van der Waals surface area contributed by atoms with Crippen molar-refractivity contribution in [1.29, 1.82) is 0 Å². The van der Waals surface area contributed by atoms with Crippen LogP contribution in [0.3, 0.4) is 0 Å². The zero-order chi connectivity index (χ0) is 15.8. The minimum atomic E-state index is 0.769. The van der Waals surface area contributed by atoms with Crippen molar-refractivity contribution in [1.82, 2.24) is 14.8 Å². The second-order valence-electron chi connectivity index (χ2n) is 5.73. The van der Waals surface area contributed by atoms with Crippen LogP contribution in [-0.2, 0) is 13.5 Å². The van der Waals surface area contributed by atoms with Gasteiger partial charge in [0.25, 0.3) is 0 Å². The molecule has 0 spiro atoms. The summed E-state index contributed by atoms with van der Waals surface area (Å²) in [5, 5.41) is 17.1. The van der Waals surface area contributed by atoms with Gasteiger partial charge in [0.15, 0.2) is 0 Å². The van der Waals surface area contributed by atoms with Crippen molar-refractivity contribution >= 4 is 5.71 Å². The van der Waals surface area contributed by atoms with E-state index in [9.17, 15) is 0 Å². The van der Waals surface area contributed by atoms with E-state index in [4.69, 9.17) is 5.21 Å². The molecule has 4 rings (SSSR count). The number of hydrogen-bond donors (Lipinski definition) is 1. The number of aryl methyl sites for hydroxylation is 2. The summed E-state index contributed by atoms with van der Waals surface area (Å²) in [4.78, 5) is 4.19. The summed E-state index contributed by atoms with van der Waals surface area (Å²) in [6, 6.07) is 10.2. The van der Waals surface area contributed by atoms with Gasteiger partial charge in [0, 0.05) is 42.3 Å². The molecular formula is C18H16N4O. The van der Waals surface area contributed by atoms with Gasteiger partial charge in [-0.25, -0.2) is 0 Å². The lowest BCUT2D eigenvalue weighted by atomic mass is 9.99. The molecule has 1 aliphatic carbocycles. The van der Waals surface area contributed by atoms with Crippen LogP contribution in [-0.4, -0.2) is 25.7 Å². The molecule has 0 saturated carbocycles. The van der Waals surface area contributed by atoms with Crippen molar-refractivity contribution in [3.05, 3.63) is 60.0 Å². The van der Waals surface area contributed by atoms with Crippen molar-refractivity contribution in [3.8, 4) is 22.4 Å². The van der Waals surface area contributed by atoms with Crippen LogP contribution in [0.15, 0.2) is 54.1 Å². The van der Waals surface area contributed by atoms with Crippen LogP contribution in [0.1, 0.15) is 17.5 Å². The maximum absolute atomic E-state index is 9.06. The molecule has 0 atom stereocenters. The summed E-state index contributed by atoms with van der Waals surface area (Å²) in [7, 11) is 1.92. The smallest absolute Gasteiger partial charge is 0.102 e. The van der Waals surface area contributed by atoms with Crippen molar-refractivity contribution < 1.29 is 5.21 Å². The van der Waals surface area contributed by atoms with Gasteiger partial charge in [-0.2, -0.15) is 5.10 Å². The van der Waals surface area contributed by atoms with Crippen LogP contribution in [0, 0.1) is 0 Å². The van der Waals surface area contributed by atoms with Gasteiger partial charge < -0.3 is 5.21 Å².